The summed E-state index contributed by atoms with van der Waals surface area (Å²) in [6, 6.07) is 6.79. The van der Waals surface area contributed by atoms with Gasteiger partial charge in [0.2, 0.25) is 5.91 Å². The smallest absolute Gasteiger partial charge is 0.223 e. The topological polar surface area (TPSA) is 62.1 Å². The molecule has 1 aromatic rings. The van der Waals surface area contributed by atoms with Gasteiger partial charge in [-0.2, -0.15) is 5.26 Å². The van der Waals surface area contributed by atoms with E-state index in [1.807, 2.05) is 19.9 Å². The number of halogens is 1. The summed E-state index contributed by atoms with van der Waals surface area (Å²) in [7, 11) is 0. The van der Waals surface area contributed by atoms with Crippen LogP contribution in [0, 0.1) is 17.1 Å². The van der Waals surface area contributed by atoms with Gasteiger partial charge in [-0.3, -0.25) is 4.79 Å². The number of benzene rings is 1. The van der Waals surface area contributed by atoms with Crippen LogP contribution in [-0.4, -0.2) is 18.6 Å². The molecule has 0 heterocycles. The molecule has 0 saturated carbocycles. The SMILES string of the molecule is CC(C)OCCC(=O)NC(C#N)c1ccccc1F. The number of carbonyl (C=O) groups excluding carboxylic acids is 1. The maximum atomic E-state index is 13.5. The van der Waals surface area contributed by atoms with Crippen LogP contribution in [0.1, 0.15) is 31.9 Å². The third-order valence-electron chi connectivity index (χ3n) is 2.43. The van der Waals surface area contributed by atoms with Gasteiger partial charge in [0.1, 0.15) is 11.9 Å². The Morgan fingerprint density at radius 1 is 1.47 bits per heavy atom. The maximum Gasteiger partial charge on any atom is 0.223 e. The van der Waals surface area contributed by atoms with E-state index in [1.165, 1.54) is 18.2 Å². The number of nitrogens with one attached hydrogen (secondary N) is 1. The van der Waals surface area contributed by atoms with Crippen LogP contribution in [0.4, 0.5) is 4.39 Å². The molecule has 1 unspecified atom stereocenters. The molecule has 0 saturated heterocycles. The average Bonchev–Trinajstić information content (AvgIpc) is 2.36. The molecule has 1 aromatic carbocycles. The van der Waals surface area contributed by atoms with Crippen molar-refractivity contribution in [3.8, 4) is 6.07 Å². The van der Waals surface area contributed by atoms with Crippen molar-refractivity contribution >= 4 is 5.91 Å². The minimum Gasteiger partial charge on any atom is -0.378 e. The van der Waals surface area contributed by atoms with Crippen molar-refractivity contribution in [1.29, 1.82) is 5.26 Å². The highest BCUT2D eigenvalue weighted by Crippen LogP contribution is 2.16. The summed E-state index contributed by atoms with van der Waals surface area (Å²) < 4.78 is 18.7. The summed E-state index contributed by atoms with van der Waals surface area (Å²) in [5.41, 5.74) is 0.170. The van der Waals surface area contributed by atoms with Crippen LogP contribution in [0.25, 0.3) is 0 Å². The highest BCUT2D eigenvalue weighted by molar-refractivity contribution is 5.76. The number of rotatable bonds is 6. The highest BCUT2D eigenvalue weighted by atomic mass is 19.1. The highest BCUT2D eigenvalue weighted by Gasteiger charge is 2.16. The van der Waals surface area contributed by atoms with Gasteiger partial charge in [-0.15, -0.1) is 0 Å². The Balaban J connectivity index is 2.56. The fourth-order valence-electron chi connectivity index (χ4n) is 1.51. The normalized spacial score (nSPS) is 11.9. The fraction of sp³-hybridized carbons (Fsp3) is 0.429. The molecule has 0 radical (unpaired) electrons. The van der Waals surface area contributed by atoms with E-state index in [0.29, 0.717) is 0 Å². The lowest BCUT2D eigenvalue weighted by Crippen LogP contribution is -2.29. The summed E-state index contributed by atoms with van der Waals surface area (Å²) in [6.45, 7) is 4.02. The van der Waals surface area contributed by atoms with Crippen LogP contribution in [0.2, 0.25) is 0 Å². The summed E-state index contributed by atoms with van der Waals surface area (Å²) in [6.07, 6.45) is 0.191. The predicted octanol–water partition coefficient (Wildman–Crippen LogP) is 2.32. The Morgan fingerprint density at radius 3 is 2.74 bits per heavy atom. The molecule has 0 aliphatic carbocycles. The molecule has 1 atom stereocenters. The van der Waals surface area contributed by atoms with E-state index < -0.39 is 11.9 Å². The zero-order valence-corrected chi connectivity index (χ0v) is 11.0. The van der Waals surface area contributed by atoms with E-state index in [-0.39, 0.29) is 30.6 Å². The van der Waals surface area contributed by atoms with Crippen molar-refractivity contribution in [2.24, 2.45) is 0 Å². The molecule has 0 aliphatic rings. The van der Waals surface area contributed by atoms with Crippen LogP contribution in [0.15, 0.2) is 24.3 Å². The Bertz CT molecular complexity index is 469. The molecule has 0 aliphatic heterocycles. The van der Waals surface area contributed by atoms with Gasteiger partial charge in [-0.05, 0) is 19.9 Å². The van der Waals surface area contributed by atoms with Crippen molar-refractivity contribution in [2.45, 2.75) is 32.4 Å². The van der Waals surface area contributed by atoms with Gasteiger partial charge in [-0.1, -0.05) is 18.2 Å². The number of hydrogen-bond donors (Lipinski definition) is 1. The number of ether oxygens (including phenoxy) is 1. The van der Waals surface area contributed by atoms with Gasteiger partial charge in [0, 0.05) is 5.56 Å². The van der Waals surface area contributed by atoms with Gasteiger partial charge >= 0.3 is 0 Å². The lowest BCUT2D eigenvalue weighted by Gasteiger charge is -2.13. The van der Waals surface area contributed by atoms with Crippen molar-refractivity contribution in [2.75, 3.05) is 6.61 Å². The number of amides is 1. The molecule has 1 amide bonds. The zero-order valence-electron chi connectivity index (χ0n) is 11.0. The van der Waals surface area contributed by atoms with Crippen LogP contribution >= 0.6 is 0 Å². The van der Waals surface area contributed by atoms with E-state index in [4.69, 9.17) is 10.00 Å². The van der Waals surface area contributed by atoms with Crippen molar-refractivity contribution < 1.29 is 13.9 Å². The van der Waals surface area contributed by atoms with Crippen molar-refractivity contribution in [1.82, 2.24) is 5.32 Å². The van der Waals surface area contributed by atoms with Crippen LogP contribution in [0.3, 0.4) is 0 Å². The quantitative estimate of drug-likeness (QED) is 0.857. The van der Waals surface area contributed by atoms with Gasteiger partial charge in [0.15, 0.2) is 0 Å². The first kappa shape index (κ1) is 15.1. The van der Waals surface area contributed by atoms with Gasteiger partial charge < -0.3 is 10.1 Å². The number of nitriles is 1. The average molecular weight is 264 g/mol. The monoisotopic (exact) mass is 264 g/mol. The van der Waals surface area contributed by atoms with Crippen LogP contribution < -0.4 is 5.32 Å². The second-order valence-electron chi connectivity index (χ2n) is 4.32. The Hall–Kier alpha value is -1.93. The van der Waals surface area contributed by atoms with Crippen molar-refractivity contribution in [3.05, 3.63) is 35.6 Å². The molecule has 0 bridgehead atoms. The van der Waals surface area contributed by atoms with E-state index in [2.05, 4.69) is 5.32 Å². The first-order chi connectivity index (χ1) is 9.04. The van der Waals surface area contributed by atoms with E-state index in [1.54, 1.807) is 6.07 Å². The molecular formula is C14H17FN2O2. The lowest BCUT2D eigenvalue weighted by atomic mass is 10.1. The second kappa shape index (κ2) is 7.49. The molecule has 5 heteroatoms. The largest absolute Gasteiger partial charge is 0.378 e. The van der Waals surface area contributed by atoms with E-state index in [9.17, 15) is 9.18 Å². The van der Waals surface area contributed by atoms with Crippen LogP contribution in [0.5, 0.6) is 0 Å². The standard InChI is InChI=1S/C14H17FN2O2/c1-10(2)19-8-7-14(18)17-13(9-16)11-5-3-4-6-12(11)15/h3-6,10,13H,7-8H2,1-2H3,(H,17,18). The van der Waals surface area contributed by atoms with E-state index in [0.717, 1.165) is 0 Å². The Morgan fingerprint density at radius 2 is 2.16 bits per heavy atom. The third kappa shape index (κ3) is 5.06. The lowest BCUT2D eigenvalue weighted by molar-refractivity contribution is -0.122. The number of nitrogens with zero attached hydrogens (tertiary/aromatic N) is 1. The van der Waals surface area contributed by atoms with Gasteiger partial charge in [0.05, 0.1) is 25.2 Å². The molecule has 1 N–H and O–H groups in total. The first-order valence-electron chi connectivity index (χ1n) is 6.09. The minimum atomic E-state index is -0.979. The summed E-state index contributed by atoms with van der Waals surface area (Å²) in [4.78, 5) is 11.6. The first-order valence-corrected chi connectivity index (χ1v) is 6.09. The summed E-state index contributed by atoms with van der Waals surface area (Å²) in [5.74, 6) is -0.844. The molecule has 0 spiro atoms. The minimum absolute atomic E-state index is 0.0473. The second-order valence-corrected chi connectivity index (χ2v) is 4.32. The van der Waals surface area contributed by atoms with Gasteiger partial charge in [-0.25, -0.2) is 4.39 Å². The molecular weight excluding hydrogens is 247 g/mol. The number of carbonyl (C=O) groups is 1. The summed E-state index contributed by atoms with van der Waals surface area (Å²) >= 11 is 0. The van der Waals surface area contributed by atoms with Crippen molar-refractivity contribution in [3.63, 3.8) is 0 Å². The molecule has 0 fully saturated rings. The molecule has 19 heavy (non-hydrogen) atoms. The van der Waals surface area contributed by atoms with Gasteiger partial charge in [0.25, 0.3) is 0 Å². The Labute approximate surface area is 112 Å². The Kier molecular flexibility index (Phi) is 5.97. The van der Waals surface area contributed by atoms with Crippen LogP contribution in [-0.2, 0) is 9.53 Å². The molecule has 102 valence electrons. The summed E-state index contributed by atoms with van der Waals surface area (Å²) in [5, 5.41) is 11.5. The van der Waals surface area contributed by atoms with E-state index >= 15 is 0 Å². The molecule has 1 rings (SSSR count). The molecule has 4 nitrogen and oxygen atoms in total. The maximum absolute atomic E-state index is 13.5. The third-order valence-corrected chi connectivity index (χ3v) is 2.43. The molecule has 0 aromatic heterocycles. The number of hydrogen-bond acceptors (Lipinski definition) is 3. The fourth-order valence-corrected chi connectivity index (χ4v) is 1.51. The predicted molar refractivity (Wildman–Crippen MR) is 68.6 cm³/mol. The zero-order chi connectivity index (χ0) is 14.3.